The molecule has 0 saturated carbocycles. The third-order valence-electron chi connectivity index (χ3n) is 4.30. The molecule has 1 aromatic carbocycles. The van der Waals surface area contributed by atoms with Crippen LogP contribution in [0.2, 0.25) is 0 Å². The zero-order valence-electron chi connectivity index (χ0n) is 14.3. The normalized spacial score (nSPS) is 12.3. The summed E-state index contributed by atoms with van der Waals surface area (Å²) >= 11 is 0. The van der Waals surface area contributed by atoms with Crippen molar-refractivity contribution in [2.45, 2.75) is 59.9 Å². The van der Waals surface area contributed by atoms with Crippen LogP contribution in [0.5, 0.6) is 0 Å². The number of ether oxygens (including phenoxy) is 1. The number of carbonyl (C=O) groups is 1. The highest BCUT2D eigenvalue weighted by Crippen LogP contribution is 2.23. The van der Waals surface area contributed by atoms with Gasteiger partial charge in [-0.05, 0) is 74.9 Å². The van der Waals surface area contributed by atoms with Gasteiger partial charge in [-0.1, -0.05) is 13.0 Å². The van der Waals surface area contributed by atoms with Crippen molar-refractivity contribution >= 4 is 5.97 Å². The Bertz CT molecular complexity index is 468. The molecule has 1 unspecified atom stereocenters. The van der Waals surface area contributed by atoms with Gasteiger partial charge < -0.3 is 10.1 Å². The minimum atomic E-state index is -0.150. The number of hydrogen-bond acceptors (Lipinski definition) is 3. The average molecular weight is 291 g/mol. The maximum Gasteiger partial charge on any atom is 0.307 e. The second-order valence-electron chi connectivity index (χ2n) is 5.87. The molecule has 1 rings (SSSR count). The molecule has 0 aliphatic carbocycles. The van der Waals surface area contributed by atoms with Crippen molar-refractivity contribution in [2.75, 3.05) is 13.7 Å². The molecule has 1 atom stereocenters. The van der Waals surface area contributed by atoms with Gasteiger partial charge in [-0.3, -0.25) is 4.79 Å². The number of hydrogen-bond donors (Lipinski definition) is 1. The molecule has 0 amide bonds. The molecule has 0 heterocycles. The minimum absolute atomic E-state index is 0.135. The van der Waals surface area contributed by atoms with E-state index in [0.29, 0.717) is 6.42 Å². The Morgan fingerprint density at radius 2 is 1.76 bits per heavy atom. The van der Waals surface area contributed by atoms with Crippen LogP contribution in [0.4, 0.5) is 0 Å². The third kappa shape index (κ3) is 4.85. The Balaban J connectivity index is 2.99. The van der Waals surface area contributed by atoms with Crippen molar-refractivity contribution in [3.8, 4) is 0 Å². The van der Waals surface area contributed by atoms with E-state index in [0.717, 1.165) is 19.4 Å². The van der Waals surface area contributed by atoms with Gasteiger partial charge >= 0.3 is 5.97 Å². The summed E-state index contributed by atoms with van der Waals surface area (Å²) < 4.78 is 4.83. The fourth-order valence-corrected chi connectivity index (χ4v) is 2.70. The van der Waals surface area contributed by atoms with Crippen molar-refractivity contribution in [1.29, 1.82) is 0 Å². The van der Waals surface area contributed by atoms with Gasteiger partial charge in [0.2, 0.25) is 0 Å². The van der Waals surface area contributed by atoms with Crippen LogP contribution in [-0.2, 0) is 16.0 Å². The molecule has 0 aliphatic heterocycles. The van der Waals surface area contributed by atoms with Gasteiger partial charge in [0.25, 0.3) is 0 Å². The molecule has 3 heteroatoms. The Labute approximate surface area is 129 Å². The first-order valence-electron chi connectivity index (χ1n) is 7.77. The summed E-state index contributed by atoms with van der Waals surface area (Å²) in [4.78, 5) is 11.6. The highest BCUT2D eigenvalue weighted by Gasteiger charge is 2.18. The van der Waals surface area contributed by atoms with Crippen LogP contribution in [0.3, 0.4) is 0 Å². The molecule has 3 nitrogen and oxygen atoms in total. The summed E-state index contributed by atoms with van der Waals surface area (Å²) in [6, 6.07) is 2.37. The number of benzene rings is 1. The Hall–Kier alpha value is -1.35. The monoisotopic (exact) mass is 291 g/mol. The van der Waals surface area contributed by atoms with Gasteiger partial charge in [0, 0.05) is 6.04 Å². The first-order chi connectivity index (χ1) is 9.90. The van der Waals surface area contributed by atoms with E-state index in [4.69, 9.17) is 4.74 Å². The summed E-state index contributed by atoms with van der Waals surface area (Å²) in [5, 5.41) is 3.48. The molecule has 0 radical (unpaired) electrons. The molecule has 0 aromatic heterocycles. The number of carbonyl (C=O) groups excluding carboxylic acids is 1. The van der Waals surface area contributed by atoms with E-state index in [1.165, 1.54) is 34.9 Å². The molecule has 0 aliphatic rings. The van der Waals surface area contributed by atoms with Crippen LogP contribution in [0.1, 0.15) is 47.6 Å². The van der Waals surface area contributed by atoms with Gasteiger partial charge in [0.1, 0.15) is 0 Å². The number of nitrogens with one attached hydrogen (secondary N) is 1. The first kappa shape index (κ1) is 17.7. The topological polar surface area (TPSA) is 38.3 Å². The second-order valence-corrected chi connectivity index (χ2v) is 5.87. The number of aryl methyl sites for hydroxylation is 2. The lowest BCUT2D eigenvalue weighted by atomic mass is 9.89. The van der Waals surface area contributed by atoms with Crippen molar-refractivity contribution in [3.05, 3.63) is 33.9 Å². The molecule has 0 bridgehead atoms. The largest absolute Gasteiger partial charge is 0.469 e. The molecule has 118 valence electrons. The highest BCUT2D eigenvalue weighted by atomic mass is 16.5. The van der Waals surface area contributed by atoms with Crippen LogP contribution in [-0.4, -0.2) is 25.7 Å². The maximum absolute atomic E-state index is 11.6. The predicted octanol–water partition coefficient (Wildman–Crippen LogP) is 3.39. The van der Waals surface area contributed by atoms with E-state index in [1.807, 2.05) is 0 Å². The van der Waals surface area contributed by atoms with E-state index < -0.39 is 0 Å². The molecule has 0 saturated heterocycles. The Morgan fingerprint density at radius 1 is 1.19 bits per heavy atom. The van der Waals surface area contributed by atoms with Crippen LogP contribution >= 0.6 is 0 Å². The predicted molar refractivity (Wildman–Crippen MR) is 87.8 cm³/mol. The first-order valence-corrected chi connectivity index (χ1v) is 7.77. The van der Waals surface area contributed by atoms with Crippen molar-refractivity contribution in [2.24, 2.45) is 0 Å². The summed E-state index contributed by atoms with van der Waals surface area (Å²) in [5.41, 5.74) is 6.68. The van der Waals surface area contributed by atoms with Gasteiger partial charge in [0.05, 0.1) is 13.5 Å². The smallest absolute Gasteiger partial charge is 0.307 e. The second kappa shape index (κ2) is 8.18. The molecule has 21 heavy (non-hydrogen) atoms. The molecule has 0 fully saturated rings. The van der Waals surface area contributed by atoms with Gasteiger partial charge in [-0.2, -0.15) is 0 Å². The Morgan fingerprint density at radius 3 is 2.24 bits per heavy atom. The van der Waals surface area contributed by atoms with Crippen LogP contribution in [0, 0.1) is 27.7 Å². The summed E-state index contributed by atoms with van der Waals surface area (Å²) in [6.07, 6.45) is 2.35. The van der Waals surface area contributed by atoms with Gasteiger partial charge in [-0.25, -0.2) is 0 Å². The van der Waals surface area contributed by atoms with Crippen molar-refractivity contribution < 1.29 is 9.53 Å². The van der Waals surface area contributed by atoms with Crippen molar-refractivity contribution in [3.63, 3.8) is 0 Å². The van der Waals surface area contributed by atoms with E-state index in [-0.39, 0.29) is 12.0 Å². The summed E-state index contributed by atoms with van der Waals surface area (Å²) in [6.45, 7) is 11.7. The molecule has 1 aromatic rings. The molecule has 1 N–H and O–H groups in total. The zero-order chi connectivity index (χ0) is 16.0. The minimum Gasteiger partial charge on any atom is -0.469 e. The molecular weight excluding hydrogens is 262 g/mol. The number of methoxy groups -OCH3 is 1. The lowest BCUT2D eigenvalue weighted by Crippen LogP contribution is -2.34. The number of rotatable bonds is 7. The lowest BCUT2D eigenvalue weighted by Gasteiger charge is -2.22. The maximum atomic E-state index is 11.6. The zero-order valence-corrected chi connectivity index (χ0v) is 14.3. The van der Waals surface area contributed by atoms with E-state index in [9.17, 15) is 4.79 Å². The van der Waals surface area contributed by atoms with Crippen LogP contribution < -0.4 is 5.32 Å². The summed E-state index contributed by atoms with van der Waals surface area (Å²) in [5.74, 6) is -0.150. The van der Waals surface area contributed by atoms with E-state index in [1.54, 1.807) is 0 Å². The fraction of sp³-hybridized carbons (Fsp3) is 0.611. The fourth-order valence-electron chi connectivity index (χ4n) is 2.70. The SMILES string of the molecule is CCCNC(CC(=O)OC)Cc1c(C)c(C)cc(C)c1C. The number of esters is 1. The Kier molecular flexibility index (Phi) is 6.90. The van der Waals surface area contributed by atoms with Crippen LogP contribution in [0.15, 0.2) is 6.07 Å². The van der Waals surface area contributed by atoms with E-state index in [2.05, 4.69) is 46.0 Å². The van der Waals surface area contributed by atoms with Crippen LogP contribution in [0.25, 0.3) is 0 Å². The molecule has 0 spiro atoms. The lowest BCUT2D eigenvalue weighted by molar-refractivity contribution is -0.141. The van der Waals surface area contributed by atoms with E-state index >= 15 is 0 Å². The van der Waals surface area contributed by atoms with Gasteiger partial charge in [0.15, 0.2) is 0 Å². The standard InChI is InChI=1S/C18H29NO2/c1-7-8-19-16(11-18(20)21-6)10-17-14(4)12(2)9-13(3)15(17)5/h9,16,19H,7-8,10-11H2,1-6H3. The molecular formula is C18H29NO2. The van der Waals surface area contributed by atoms with Crippen molar-refractivity contribution in [1.82, 2.24) is 5.32 Å². The summed E-state index contributed by atoms with van der Waals surface area (Å²) in [7, 11) is 1.45. The van der Waals surface area contributed by atoms with Gasteiger partial charge in [-0.15, -0.1) is 0 Å². The average Bonchev–Trinajstić information content (AvgIpc) is 2.46. The quantitative estimate of drug-likeness (QED) is 0.783. The third-order valence-corrected chi connectivity index (χ3v) is 4.30. The highest BCUT2D eigenvalue weighted by molar-refractivity contribution is 5.70.